The molecule has 1 unspecified atom stereocenters. The normalized spacial score (nSPS) is 13.6. The highest BCUT2D eigenvalue weighted by Gasteiger charge is 2.24. The minimum absolute atomic E-state index is 0.00436. The fourth-order valence-corrected chi connectivity index (χ4v) is 1.41. The molecule has 0 aromatic heterocycles. The van der Waals surface area contributed by atoms with Gasteiger partial charge in [-0.05, 0) is 24.6 Å². The van der Waals surface area contributed by atoms with Crippen LogP contribution < -0.4 is 11.0 Å². The molecular formula is C12H17N3O5. The molecule has 0 radical (unpaired) electrons. The van der Waals surface area contributed by atoms with E-state index in [1.165, 1.54) is 12.6 Å². The summed E-state index contributed by atoms with van der Waals surface area (Å²) >= 11 is 0. The van der Waals surface area contributed by atoms with Crippen molar-refractivity contribution in [1.82, 2.24) is 11.0 Å². The Morgan fingerprint density at radius 1 is 1.45 bits per heavy atom. The van der Waals surface area contributed by atoms with E-state index in [1.54, 1.807) is 24.3 Å². The predicted molar refractivity (Wildman–Crippen MR) is 69.4 cm³/mol. The minimum Gasteiger partial charge on any atom is -0.349 e. The van der Waals surface area contributed by atoms with Gasteiger partial charge in [-0.2, -0.15) is 0 Å². The number of carbonyl (C=O) groups excluding carboxylic acids is 1. The first-order valence-corrected chi connectivity index (χ1v) is 5.77. The van der Waals surface area contributed by atoms with Crippen LogP contribution in [0.2, 0.25) is 0 Å². The van der Waals surface area contributed by atoms with Crippen molar-refractivity contribution in [3.63, 3.8) is 0 Å². The Hall–Kier alpha value is -1.84. The van der Waals surface area contributed by atoms with Crippen LogP contribution in [0, 0.1) is 5.41 Å². The number of hydrogen-bond donors (Lipinski definition) is 5. The van der Waals surface area contributed by atoms with Gasteiger partial charge in [0.15, 0.2) is 0 Å². The second-order valence-corrected chi connectivity index (χ2v) is 4.30. The van der Waals surface area contributed by atoms with Gasteiger partial charge in [0.2, 0.25) is 0 Å². The molecule has 0 aliphatic rings. The number of benzene rings is 1. The number of carbonyl (C=O) groups is 1. The zero-order chi connectivity index (χ0) is 15.0. The van der Waals surface area contributed by atoms with Gasteiger partial charge in [-0.1, -0.05) is 17.8 Å². The monoisotopic (exact) mass is 283 g/mol. The first-order valence-electron chi connectivity index (χ1n) is 5.77. The lowest BCUT2D eigenvalue weighted by Gasteiger charge is -2.23. The molecule has 1 atom stereocenters. The Balaban J connectivity index is 2.60. The number of hydrogen-bond acceptors (Lipinski definition) is 7. The summed E-state index contributed by atoms with van der Waals surface area (Å²) in [4.78, 5) is 20.6. The highest BCUT2D eigenvalue weighted by Crippen LogP contribution is 2.07. The molecule has 1 amide bonds. The van der Waals surface area contributed by atoms with Crippen LogP contribution in [-0.2, 0) is 16.3 Å². The smallest absolute Gasteiger partial charge is 0.251 e. The maximum absolute atomic E-state index is 11.9. The van der Waals surface area contributed by atoms with Crippen LogP contribution in [0.1, 0.15) is 22.8 Å². The quantitative estimate of drug-likeness (QED) is 0.272. The van der Waals surface area contributed by atoms with Crippen LogP contribution >= 0.6 is 0 Å². The lowest BCUT2D eigenvalue weighted by molar-refractivity contribution is -0.253. The van der Waals surface area contributed by atoms with E-state index in [9.17, 15) is 4.79 Å². The largest absolute Gasteiger partial charge is 0.349 e. The van der Waals surface area contributed by atoms with E-state index < -0.39 is 5.60 Å². The molecule has 0 bridgehead atoms. The van der Waals surface area contributed by atoms with E-state index >= 15 is 0 Å². The third kappa shape index (κ3) is 4.68. The zero-order valence-corrected chi connectivity index (χ0v) is 10.9. The average molecular weight is 283 g/mol. The van der Waals surface area contributed by atoms with E-state index in [0.717, 1.165) is 11.8 Å². The van der Waals surface area contributed by atoms with Gasteiger partial charge >= 0.3 is 0 Å². The van der Waals surface area contributed by atoms with Crippen molar-refractivity contribution in [3.8, 4) is 0 Å². The molecule has 0 spiro atoms. The van der Waals surface area contributed by atoms with Crippen molar-refractivity contribution in [2.75, 3.05) is 6.54 Å². The van der Waals surface area contributed by atoms with Gasteiger partial charge in [0.25, 0.3) is 5.91 Å². The molecule has 0 aliphatic heterocycles. The minimum atomic E-state index is -1.16. The third-order valence-electron chi connectivity index (χ3n) is 2.63. The van der Waals surface area contributed by atoms with Gasteiger partial charge in [-0.25, -0.2) is 4.89 Å². The average Bonchev–Trinajstić information content (AvgIpc) is 2.46. The van der Waals surface area contributed by atoms with Crippen LogP contribution in [0.25, 0.3) is 0 Å². The molecule has 1 rings (SSSR count). The highest BCUT2D eigenvalue weighted by atomic mass is 17.1. The van der Waals surface area contributed by atoms with Crippen LogP contribution in [0.4, 0.5) is 0 Å². The molecule has 0 heterocycles. The Labute approximate surface area is 115 Å². The topological polar surface area (TPSA) is 124 Å². The summed E-state index contributed by atoms with van der Waals surface area (Å²) in [6.07, 6.45) is 0.957. The van der Waals surface area contributed by atoms with Gasteiger partial charge in [-0.15, -0.1) is 0 Å². The summed E-state index contributed by atoms with van der Waals surface area (Å²) in [5, 5.41) is 26.6. The summed E-state index contributed by atoms with van der Waals surface area (Å²) in [6, 6.07) is 6.45. The van der Waals surface area contributed by atoms with Crippen LogP contribution in [0.5, 0.6) is 0 Å². The van der Waals surface area contributed by atoms with Gasteiger partial charge < -0.3 is 10.7 Å². The molecule has 5 N–H and O–H groups in total. The molecular weight excluding hydrogens is 266 g/mol. The second-order valence-electron chi connectivity index (χ2n) is 4.30. The molecule has 0 fully saturated rings. The van der Waals surface area contributed by atoms with Crippen molar-refractivity contribution < 1.29 is 25.0 Å². The standard InChI is InChI=1S/C12H17N3O5/c1-12(7-13,20-15-17)8-14-11(16)10-4-2-9(3-5-10)6-19-18/h2-5,7,13,15,17-18H,6,8H2,1H3,(H,14,16). The molecule has 8 nitrogen and oxygen atoms in total. The van der Waals surface area contributed by atoms with Crippen LogP contribution in [0.3, 0.4) is 0 Å². The van der Waals surface area contributed by atoms with E-state index in [-0.39, 0.29) is 19.1 Å². The lowest BCUT2D eigenvalue weighted by atomic mass is 10.1. The SMILES string of the molecule is CC(C=N)(CNC(=O)c1ccc(COO)cc1)ONO. The lowest BCUT2D eigenvalue weighted by Crippen LogP contribution is -2.46. The van der Waals surface area contributed by atoms with Gasteiger partial charge in [0, 0.05) is 11.8 Å². The first kappa shape index (κ1) is 16.2. The molecule has 0 saturated heterocycles. The predicted octanol–water partition coefficient (Wildman–Crippen LogP) is 0.725. The van der Waals surface area contributed by atoms with Crippen LogP contribution in [-0.4, -0.2) is 34.7 Å². The molecule has 1 aromatic rings. The zero-order valence-electron chi connectivity index (χ0n) is 10.9. The van der Waals surface area contributed by atoms with Crippen LogP contribution in [0.15, 0.2) is 24.3 Å². The Morgan fingerprint density at radius 2 is 2.10 bits per heavy atom. The van der Waals surface area contributed by atoms with E-state index in [2.05, 4.69) is 10.2 Å². The van der Waals surface area contributed by atoms with E-state index in [4.69, 9.17) is 20.7 Å². The van der Waals surface area contributed by atoms with Gasteiger partial charge in [-0.3, -0.25) is 20.1 Å². The summed E-state index contributed by atoms with van der Waals surface area (Å²) in [6.45, 7) is 1.57. The van der Waals surface area contributed by atoms with Crippen molar-refractivity contribution in [2.45, 2.75) is 19.1 Å². The third-order valence-corrected chi connectivity index (χ3v) is 2.63. The summed E-state index contributed by atoms with van der Waals surface area (Å²) in [5.74, 6) is -0.351. The summed E-state index contributed by atoms with van der Waals surface area (Å²) < 4.78 is 0. The molecule has 0 aliphatic carbocycles. The van der Waals surface area contributed by atoms with Gasteiger partial charge in [0.1, 0.15) is 12.2 Å². The Morgan fingerprint density at radius 3 is 2.60 bits per heavy atom. The molecule has 0 saturated carbocycles. The second kappa shape index (κ2) is 7.68. The van der Waals surface area contributed by atoms with Crippen molar-refractivity contribution in [1.29, 1.82) is 5.41 Å². The molecule has 110 valence electrons. The Kier molecular flexibility index (Phi) is 6.22. The Bertz CT molecular complexity index is 451. The number of rotatable bonds is 8. The molecule has 20 heavy (non-hydrogen) atoms. The highest BCUT2D eigenvalue weighted by molar-refractivity contribution is 5.94. The van der Waals surface area contributed by atoms with E-state index in [1.807, 2.05) is 0 Å². The maximum atomic E-state index is 11.9. The van der Waals surface area contributed by atoms with Crippen molar-refractivity contribution in [2.24, 2.45) is 0 Å². The number of nitrogens with one attached hydrogen (secondary N) is 3. The molecule has 1 aromatic carbocycles. The summed E-state index contributed by atoms with van der Waals surface area (Å²) in [7, 11) is 0. The summed E-state index contributed by atoms with van der Waals surface area (Å²) in [5.41, 5.74) is 1.48. The maximum Gasteiger partial charge on any atom is 0.251 e. The molecule has 8 heteroatoms. The van der Waals surface area contributed by atoms with E-state index in [0.29, 0.717) is 5.56 Å². The number of amides is 1. The van der Waals surface area contributed by atoms with Crippen molar-refractivity contribution in [3.05, 3.63) is 35.4 Å². The fraction of sp³-hybridized carbons (Fsp3) is 0.333. The fourth-order valence-electron chi connectivity index (χ4n) is 1.41. The van der Waals surface area contributed by atoms with Gasteiger partial charge in [0.05, 0.1) is 6.54 Å². The van der Waals surface area contributed by atoms with Crippen molar-refractivity contribution >= 4 is 12.1 Å². The first-order chi connectivity index (χ1) is 9.54.